The summed E-state index contributed by atoms with van der Waals surface area (Å²) in [7, 11) is 8.34. The van der Waals surface area contributed by atoms with Crippen LogP contribution >= 0.6 is 0 Å². The molecule has 0 radical (unpaired) electrons. The van der Waals surface area contributed by atoms with Gasteiger partial charge in [0.25, 0.3) is 0 Å². The highest BCUT2D eigenvalue weighted by molar-refractivity contribution is 5.87. The second-order valence-corrected chi connectivity index (χ2v) is 9.24. The van der Waals surface area contributed by atoms with Gasteiger partial charge in [-0.3, -0.25) is 4.90 Å². The van der Waals surface area contributed by atoms with E-state index in [0.717, 1.165) is 16.9 Å². The maximum absolute atomic E-state index is 6.27. The van der Waals surface area contributed by atoms with Gasteiger partial charge >= 0.3 is 0 Å². The Morgan fingerprint density at radius 3 is 2.10 bits per heavy atom. The monoisotopic (exact) mass is 412 g/mol. The van der Waals surface area contributed by atoms with Gasteiger partial charge in [-0.05, 0) is 74.5 Å². The molecule has 0 atom stereocenters. The summed E-state index contributed by atoms with van der Waals surface area (Å²) in [4.78, 5) is 4.33. The third kappa shape index (κ3) is 4.52. The second-order valence-electron chi connectivity index (χ2n) is 9.24. The van der Waals surface area contributed by atoms with Crippen LogP contribution < -0.4 is 9.64 Å². The van der Waals surface area contributed by atoms with Crippen LogP contribution in [0, 0.1) is 0 Å². The number of nitrogens with zero attached hydrogens (tertiary/aromatic N) is 2. The van der Waals surface area contributed by atoms with Crippen LogP contribution in [0.1, 0.15) is 30.5 Å². The predicted octanol–water partition coefficient (Wildman–Crippen LogP) is 5.79. The quantitative estimate of drug-likeness (QED) is 0.632. The molecule has 2 aromatic carbocycles. The van der Waals surface area contributed by atoms with Gasteiger partial charge in [0.05, 0.1) is 0 Å². The van der Waals surface area contributed by atoms with E-state index < -0.39 is 0 Å². The van der Waals surface area contributed by atoms with Crippen molar-refractivity contribution in [3.63, 3.8) is 0 Å². The molecule has 0 unspecified atom stereocenters. The lowest BCUT2D eigenvalue weighted by Crippen LogP contribution is -2.27. The van der Waals surface area contributed by atoms with Crippen molar-refractivity contribution in [2.24, 2.45) is 0 Å². The number of hydrogen-bond acceptors (Lipinski definition) is 3. The van der Waals surface area contributed by atoms with Gasteiger partial charge in [0, 0.05) is 31.4 Å². The Labute approximate surface area is 186 Å². The minimum atomic E-state index is -0.296. The van der Waals surface area contributed by atoms with Crippen molar-refractivity contribution in [1.82, 2.24) is 4.90 Å². The zero-order valence-corrected chi connectivity index (χ0v) is 19.4. The average molecular weight is 413 g/mol. The maximum Gasteiger partial charge on any atom is 0.128 e. The van der Waals surface area contributed by atoms with Crippen molar-refractivity contribution in [2.45, 2.75) is 25.5 Å². The topological polar surface area (TPSA) is 15.7 Å². The summed E-state index contributed by atoms with van der Waals surface area (Å²) >= 11 is 0. The van der Waals surface area contributed by atoms with Gasteiger partial charge in [0.2, 0.25) is 0 Å². The highest BCUT2D eigenvalue weighted by atomic mass is 16.5. The van der Waals surface area contributed by atoms with Crippen LogP contribution in [0.4, 0.5) is 5.69 Å². The number of benzene rings is 2. The summed E-state index contributed by atoms with van der Waals surface area (Å²) in [5.41, 5.74) is 6.80. The zero-order chi connectivity index (χ0) is 22.2. The number of hydrogen-bond donors (Lipinski definition) is 0. The molecule has 0 aromatic heterocycles. The molecular formula is C28H32N2O. The van der Waals surface area contributed by atoms with E-state index in [4.69, 9.17) is 4.74 Å². The van der Waals surface area contributed by atoms with E-state index >= 15 is 0 Å². The zero-order valence-electron chi connectivity index (χ0n) is 19.4. The molecule has 2 aliphatic rings. The molecule has 31 heavy (non-hydrogen) atoms. The van der Waals surface area contributed by atoms with Gasteiger partial charge in [-0.1, -0.05) is 54.6 Å². The fourth-order valence-corrected chi connectivity index (χ4v) is 3.99. The lowest BCUT2D eigenvalue weighted by molar-refractivity contribution is 0.159. The van der Waals surface area contributed by atoms with Gasteiger partial charge in [-0.15, -0.1) is 0 Å². The summed E-state index contributed by atoms with van der Waals surface area (Å²) in [6.07, 6.45) is 13.3. The average Bonchev–Trinajstić information content (AvgIpc) is 2.74. The molecular weight excluding hydrogens is 380 g/mol. The smallest absolute Gasteiger partial charge is 0.128 e. The summed E-state index contributed by atoms with van der Waals surface area (Å²) in [5.74, 6) is 0.933. The van der Waals surface area contributed by atoms with Crippen molar-refractivity contribution >= 4 is 17.3 Å². The molecule has 3 nitrogen and oxygen atoms in total. The Morgan fingerprint density at radius 2 is 1.48 bits per heavy atom. The number of rotatable bonds is 4. The van der Waals surface area contributed by atoms with E-state index in [1.807, 2.05) is 0 Å². The molecule has 0 amide bonds. The number of ether oxygens (including phenoxy) is 1. The molecule has 0 bridgehead atoms. The van der Waals surface area contributed by atoms with Crippen LogP contribution in [0.15, 0.2) is 78.4 Å². The first-order valence-electron chi connectivity index (χ1n) is 10.8. The molecule has 160 valence electrons. The lowest BCUT2D eigenvalue weighted by atomic mass is 9.89. The van der Waals surface area contributed by atoms with Crippen molar-refractivity contribution in [3.05, 3.63) is 95.1 Å². The summed E-state index contributed by atoms with van der Waals surface area (Å²) in [6, 6.07) is 15.6. The van der Waals surface area contributed by atoms with Gasteiger partial charge in [-0.2, -0.15) is 0 Å². The van der Waals surface area contributed by atoms with Crippen LogP contribution in [-0.2, 0) is 0 Å². The lowest BCUT2D eigenvalue weighted by Gasteiger charge is -2.28. The van der Waals surface area contributed by atoms with Crippen molar-refractivity contribution in [2.75, 3.05) is 33.1 Å². The van der Waals surface area contributed by atoms with Gasteiger partial charge in [0.15, 0.2) is 0 Å². The standard InChI is InChI=1S/C28H32N2O/c1-28(2)18-17-20-7-8-23(19-26(20)31-28)27(21-9-13-24(14-10-21)29(3)4)22-11-15-25(16-12-22)30(5)6/h7-19,24H,1-6H3. The van der Waals surface area contributed by atoms with Crippen LogP contribution in [-0.4, -0.2) is 44.7 Å². The van der Waals surface area contributed by atoms with E-state index in [1.165, 1.54) is 22.4 Å². The first-order valence-corrected chi connectivity index (χ1v) is 10.8. The molecule has 0 saturated carbocycles. The number of fused-ring (bicyclic) bond motifs is 1. The van der Waals surface area contributed by atoms with E-state index in [-0.39, 0.29) is 5.60 Å². The summed E-state index contributed by atoms with van der Waals surface area (Å²) in [5, 5.41) is 0. The first-order chi connectivity index (χ1) is 14.7. The fraction of sp³-hybridized carbons (Fsp3) is 0.286. The number of likely N-dealkylation sites (N-methyl/N-ethyl adjacent to an activating group) is 1. The third-order valence-electron chi connectivity index (χ3n) is 5.84. The highest BCUT2D eigenvalue weighted by Crippen LogP contribution is 2.37. The Kier molecular flexibility index (Phi) is 5.63. The van der Waals surface area contributed by atoms with E-state index in [9.17, 15) is 0 Å². The molecule has 4 rings (SSSR count). The van der Waals surface area contributed by atoms with Crippen molar-refractivity contribution in [3.8, 4) is 5.75 Å². The molecule has 1 aliphatic carbocycles. The maximum atomic E-state index is 6.27. The minimum absolute atomic E-state index is 0.296. The summed E-state index contributed by atoms with van der Waals surface area (Å²) < 4.78 is 6.27. The Morgan fingerprint density at radius 1 is 0.839 bits per heavy atom. The van der Waals surface area contributed by atoms with Gasteiger partial charge in [0.1, 0.15) is 11.4 Å². The van der Waals surface area contributed by atoms with E-state index in [2.05, 4.69) is 131 Å². The SMILES string of the molecule is CN(C)c1ccc(C(=C2C=CC(N(C)C)C=C2)c2ccc3c(c2)OC(C)(C)C=C3)cc1. The van der Waals surface area contributed by atoms with Gasteiger partial charge < -0.3 is 9.64 Å². The van der Waals surface area contributed by atoms with E-state index in [0.29, 0.717) is 6.04 Å². The molecule has 0 fully saturated rings. The van der Waals surface area contributed by atoms with Crippen LogP contribution in [0.3, 0.4) is 0 Å². The largest absolute Gasteiger partial charge is 0.483 e. The molecule has 0 spiro atoms. The van der Waals surface area contributed by atoms with Gasteiger partial charge in [-0.25, -0.2) is 0 Å². The van der Waals surface area contributed by atoms with Crippen LogP contribution in [0.25, 0.3) is 11.6 Å². The van der Waals surface area contributed by atoms with Crippen molar-refractivity contribution in [1.29, 1.82) is 0 Å². The second kappa shape index (κ2) is 8.24. The Balaban J connectivity index is 1.83. The fourth-order valence-electron chi connectivity index (χ4n) is 3.99. The normalized spacial score (nSPS) is 18.7. The highest BCUT2D eigenvalue weighted by Gasteiger charge is 2.23. The Hall–Kier alpha value is -3.04. The third-order valence-corrected chi connectivity index (χ3v) is 5.84. The molecule has 2 aromatic rings. The van der Waals surface area contributed by atoms with Crippen LogP contribution in [0.2, 0.25) is 0 Å². The first kappa shape index (κ1) is 21.2. The molecule has 1 aliphatic heterocycles. The van der Waals surface area contributed by atoms with Crippen LogP contribution in [0.5, 0.6) is 5.75 Å². The van der Waals surface area contributed by atoms with E-state index in [1.54, 1.807) is 0 Å². The molecule has 0 N–H and O–H groups in total. The Bertz CT molecular complexity index is 1070. The molecule has 3 heteroatoms. The number of allylic oxidation sites excluding steroid dienone is 3. The summed E-state index contributed by atoms with van der Waals surface area (Å²) in [6.45, 7) is 4.18. The molecule has 0 saturated heterocycles. The predicted molar refractivity (Wildman–Crippen MR) is 133 cm³/mol. The van der Waals surface area contributed by atoms with Crippen molar-refractivity contribution < 1.29 is 4.74 Å². The number of anilines is 1. The minimum Gasteiger partial charge on any atom is -0.483 e. The molecule has 1 heterocycles.